The van der Waals surface area contributed by atoms with E-state index < -0.39 is 0 Å². The van der Waals surface area contributed by atoms with Gasteiger partial charge in [0.25, 0.3) is 0 Å². The molecule has 0 aliphatic heterocycles. The zero-order valence-corrected chi connectivity index (χ0v) is 14.8. The van der Waals surface area contributed by atoms with Crippen molar-refractivity contribution in [1.82, 2.24) is 0 Å². The lowest BCUT2D eigenvalue weighted by atomic mass is 10.00. The lowest BCUT2D eigenvalue weighted by molar-refractivity contribution is 0.407. The molecule has 20 heavy (non-hydrogen) atoms. The van der Waals surface area contributed by atoms with Gasteiger partial charge >= 0.3 is 0 Å². The van der Waals surface area contributed by atoms with Gasteiger partial charge in [0.15, 0.2) is 0 Å². The van der Waals surface area contributed by atoms with Crippen LogP contribution in [0.2, 0.25) is 5.02 Å². The molecular weight excluding hydrogens is 363 g/mol. The first kappa shape index (κ1) is 15.7. The van der Waals surface area contributed by atoms with Crippen LogP contribution in [-0.2, 0) is 0 Å². The molecule has 2 aromatic rings. The Morgan fingerprint density at radius 1 is 1.20 bits per heavy atom. The Morgan fingerprint density at radius 2 is 1.85 bits per heavy atom. The maximum Gasteiger partial charge on any atom is 0.138 e. The maximum atomic E-state index is 6.66. The third kappa shape index (κ3) is 2.72. The summed E-state index contributed by atoms with van der Waals surface area (Å²) in [4.78, 5) is 0. The Hall–Kier alpha value is -0.640. The Balaban J connectivity index is 2.61. The Bertz CT molecular complexity index is 650. The van der Waals surface area contributed by atoms with Gasteiger partial charge in [-0.25, -0.2) is 0 Å². The van der Waals surface area contributed by atoms with Gasteiger partial charge < -0.3 is 9.15 Å². The molecule has 1 heterocycles. The van der Waals surface area contributed by atoms with Crippen molar-refractivity contribution in [2.75, 3.05) is 7.11 Å². The topological polar surface area (TPSA) is 22.4 Å². The van der Waals surface area contributed by atoms with Gasteiger partial charge in [-0.1, -0.05) is 11.6 Å². The highest BCUT2D eigenvalue weighted by atomic mass is 79.9. The van der Waals surface area contributed by atoms with Crippen LogP contribution in [0.15, 0.2) is 21.0 Å². The summed E-state index contributed by atoms with van der Waals surface area (Å²) in [6, 6.07) is 3.61. The number of alkyl halides is 1. The highest BCUT2D eigenvalue weighted by molar-refractivity contribution is 9.10. The molecular formula is C15H15BrCl2O2. The smallest absolute Gasteiger partial charge is 0.138 e. The van der Waals surface area contributed by atoms with Gasteiger partial charge in [-0.3, -0.25) is 0 Å². The fraction of sp³-hybridized carbons (Fsp3) is 0.333. The second-order valence-electron chi connectivity index (χ2n) is 4.63. The molecule has 108 valence electrons. The van der Waals surface area contributed by atoms with Crippen LogP contribution in [0.1, 0.15) is 33.6 Å². The molecule has 2 nitrogen and oxygen atoms in total. The molecule has 0 radical (unpaired) electrons. The van der Waals surface area contributed by atoms with E-state index in [-0.39, 0.29) is 5.38 Å². The van der Waals surface area contributed by atoms with Crippen LogP contribution < -0.4 is 4.74 Å². The van der Waals surface area contributed by atoms with Crippen molar-refractivity contribution in [1.29, 1.82) is 0 Å². The fourth-order valence-corrected chi connectivity index (χ4v) is 3.80. The van der Waals surface area contributed by atoms with E-state index in [2.05, 4.69) is 15.9 Å². The quantitative estimate of drug-likeness (QED) is 0.616. The molecule has 1 unspecified atom stereocenters. The number of methoxy groups -OCH3 is 1. The van der Waals surface area contributed by atoms with Crippen LogP contribution in [0.3, 0.4) is 0 Å². The Kier molecular flexibility index (Phi) is 4.73. The third-order valence-electron chi connectivity index (χ3n) is 3.39. The van der Waals surface area contributed by atoms with Gasteiger partial charge in [-0.05, 0) is 54.4 Å². The highest BCUT2D eigenvalue weighted by Crippen LogP contribution is 2.43. The molecule has 0 aliphatic rings. The summed E-state index contributed by atoms with van der Waals surface area (Å²) in [5.74, 6) is 2.38. The van der Waals surface area contributed by atoms with E-state index in [1.807, 2.05) is 26.8 Å². The highest BCUT2D eigenvalue weighted by Gasteiger charge is 2.25. The van der Waals surface area contributed by atoms with Crippen LogP contribution in [-0.4, -0.2) is 7.11 Å². The lowest BCUT2D eigenvalue weighted by Gasteiger charge is -2.16. The van der Waals surface area contributed by atoms with Crippen LogP contribution >= 0.6 is 39.1 Å². The first-order valence-electron chi connectivity index (χ1n) is 6.10. The largest absolute Gasteiger partial charge is 0.495 e. The summed E-state index contributed by atoms with van der Waals surface area (Å²) in [5.41, 5.74) is 2.85. The van der Waals surface area contributed by atoms with Crippen molar-refractivity contribution >= 4 is 39.1 Å². The van der Waals surface area contributed by atoms with E-state index in [1.165, 1.54) is 0 Å². The normalized spacial score (nSPS) is 12.6. The van der Waals surface area contributed by atoms with Crippen LogP contribution in [0.4, 0.5) is 0 Å². The number of furan rings is 1. The fourth-order valence-electron chi connectivity index (χ4n) is 2.32. The standard InChI is InChI=1S/C15H15BrCl2O2/c1-7-8(2)20-9(3)13(7)14(18)11-5-10(17)6-12(16)15(11)19-4/h5-6,14H,1-4H3. The van der Waals surface area contributed by atoms with Gasteiger partial charge in [-0.2, -0.15) is 0 Å². The van der Waals surface area contributed by atoms with Crippen molar-refractivity contribution in [2.24, 2.45) is 0 Å². The molecule has 2 rings (SSSR count). The molecule has 5 heteroatoms. The number of aryl methyl sites for hydroxylation is 2. The van der Waals surface area contributed by atoms with Gasteiger partial charge in [0.2, 0.25) is 0 Å². The average Bonchev–Trinajstić information content (AvgIpc) is 2.61. The second-order valence-corrected chi connectivity index (χ2v) is 6.35. The summed E-state index contributed by atoms with van der Waals surface area (Å²) in [5, 5.41) is 0.228. The van der Waals surface area contributed by atoms with E-state index in [0.717, 1.165) is 32.7 Å². The minimum Gasteiger partial charge on any atom is -0.495 e. The van der Waals surface area contributed by atoms with Crippen molar-refractivity contribution in [3.8, 4) is 5.75 Å². The number of benzene rings is 1. The third-order valence-corrected chi connectivity index (χ3v) is 4.65. The predicted molar refractivity (Wildman–Crippen MR) is 86.3 cm³/mol. The molecule has 0 spiro atoms. The minimum absolute atomic E-state index is 0.377. The summed E-state index contributed by atoms with van der Waals surface area (Å²) < 4.78 is 11.9. The zero-order chi connectivity index (χ0) is 15.0. The second kappa shape index (κ2) is 6.00. The number of rotatable bonds is 3. The number of ether oxygens (including phenoxy) is 1. The minimum atomic E-state index is -0.377. The predicted octanol–water partition coefficient (Wildman–Crippen LogP) is 5.96. The molecule has 0 saturated heterocycles. The van der Waals surface area contributed by atoms with E-state index in [4.69, 9.17) is 32.4 Å². The van der Waals surface area contributed by atoms with E-state index in [0.29, 0.717) is 10.8 Å². The summed E-state index contributed by atoms with van der Waals surface area (Å²) in [6.07, 6.45) is 0. The number of hydrogen-bond donors (Lipinski definition) is 0. The molecule has 0 aliphatic carbocycles. The number of halogens is 3. The zero-order valence-electron chi connectivity index (χ0n) is 11.7. The summed E-state index contributed by atoms with van der Waals surface area (Å²) in [7, 11) is 1.61. The van der Waals surface area contributed by atoms with Gasteiger partial charge in [-0.15, -0.1) is 11.6 Å². The van der Waals surface area contributed by atoms with Crippen LogP contribution in [0.5, 0.6) is 5.75 Å². The molecule has 0 saturated carbocycles. The van der Waals surface area contributed by atoms with E-state index in [9.17, 15) is 0 Å². The van der Waals surface area contributed by atoms with Crippen molar-refractivity contribution < 1.29 is 9.15 Å². The van der Waals surface area contributed by atoms with Gasteiger partial charge in [0.05, 0.1) is 17.0 Å². The molecule has 0 bridgehead atoms. The van der Waals surface area contributed by atoms with Crippen LogP contribution in [0.25, 0.3) is 0 Å². The monoisotopic (exact) mass is 376 g/mol. The summed E-state index contributed by atoms with van der Waals surface area (Å²) in [6.45, 7) is 5.85. The van der Waals surface area contributed by atoms with Gasteiger partial charge in [0.1, 0.15) is 17.3 Å². The average molecular weight is 378 g/mol. The Morgan fingerprint density at radius 3 is 2.35 bits per heavy atom. The first-order valence-corrected chi connectivity index (χ1v) is 7.71. The summed E-state index contributed by atoms with van der Waals surface area (Å²) >= 11 is 16.2. The number of hydrogen-bond acceptors (Lipinski definition) is 2. The lowest BCUT2D eigenvalue weighted by Crippen LogP contribution is -2.00. The molecule has 1 atom stereocenters. The van der Waals surface area contributed by atoms with E-state index in [1.54, 1.807) is 13.2 Å². The maximum absolute atomic E-state index is 6.66. The van der Waals surface area contributed by atoms with Crippen molar-refractivity contribution in [3.05, 3.63) is 49.8 Å². The molecule has 0 N–H and O–H groups in total. The van der Waals surface area contributed by atoms with Crippen molar-refractivity contribution in [3.63, 3.8) is 0 Å². The SMILES string of the molecule is COc1c(Br)cc(Cl)cc1C(Cl)c1c(C)oc(C)c1C. The molecule has 1 aromatic heterocycles. The molecule has 1 aromatic carbocycles. The van der Waals surface area contributed by atoms with Gasteiger partial charge in [0, 0.05) is 16.1 Å². The molecule has 0 fully saturated rings. The first-order chi connectivity index (χ1) is 9.36. The Labute approximate surface area is 137 Å². The van der Waals surface area contributed by atoms with E-state index >= 15 is 0 Å². The van der Waals surface area contributed by atoms with Crippen LogP contribution in [0, 0.1) is 20.8 Å². The molecule has 0 amide bonds. The van der Waals surface area contributed by atoms with Crippen molar-refractivity contribution in [2.45, 2.75) is 26.1 Å².